The van der Waals surface area contributed by atoms with Crippen molar-refractivity contribution in [3.05, 3.63) is 65.6 Å². The number of aliphatic hydroxyl groups excluding tert-OH is 1. The van der Waals surface area contributed by atoms with Gasteiger partial charge in [-0.25, -0.2) is 23.6 Å². The molecule has 2 heterocycles. The zero-order valence-electron chi connectivity index (χ0n) is 18.2. The molecule has 1 fully saturated rings. The molecule has 33 heavy (non-hydrogen) atoms. The number of hydroxylamine groups is 2. The number of likely N-dealkylation sites (tertiary alicyclic amines) is 1. The molecule has 1 saturated heterocycles. The molecule has 1 aliphatic rings. The number of rotatable bonds is 5. The molecule has 4 rings (SSSR count). The summed E-state index contributed by atoms with van der Waals surface area (Å²) in [4.78, 5) is 18.4. The van der Waals surface area contributed by atoms with Crippen LogP contribution in [-0.2, 0) is 6.61 Å². The Balaban J connectivity index is 1.66. The molecule has 9 heteroatoms. The quantitative estimate of drug-likeness (QED) is 0.425. The summed E-state index contributed by atoms with van der Waals surface area (Å²) in [6.07, 6.45) is 1.13. The number of hydrogen-bond donors (Lipinski definition) is 2. The van der Waals surface area contributed by atoms with Crippen molar-refractivity contribution in [3.63, 3.8) is 0 Å². The maximum atomic E-state index is 14.6. The minimum atomic E-state index is -0.756. The average Bonchev–Trinajstić information content (AvgIpc) is 3.28. The van der Waals surface area contributed by atoms with Crippen LogP contribution in [0.4, 0.5) is 13.6 Å². The molecule has 0 spiro atoms. The zero-order valence-corrected chi connectivity index (χ0v) is 18.2. The van der Waals surface area contributed by atoms with Gasteiger partial charge in [-0.2, -0.15) is 0 Å². The van der Waals surface area contributed by atoms with Gasteiger partial charge in [0.2, 0.25) is 0 Å². The summed E-state index contributed by atoms with van der Waals surface area (Å²) in [7, 11) is 0. The number of piperidine rings is 1. The molecule has 7 nitrogen and oxygen atoms in total. The van der Waals surface area contributed by atoms with Crippen LogP contribution in [0.3, 0.4) is 0 Å². The topological polar surface area (TPSA) is 90.0 Å². The van der Waals surface area contributed by atoms with Gasteiger partial charge >= 0.3 is 6.03 Å². The van der Waals surface area contributed by atoms with Gasteiger partial charge in [0.1, 0.15) is 17.3 Å². The lowest BCUT2D eigenvalue weighted by atomic mass is 9.97. The predicted molar refractivity (Wildman–Crippen MR) is 116 cm³/mol. The highest BCUT2D eigenvalue weighted by atomic mass is 19.1. The third-order valence-electron chi connectivity index (χ3n) is 5.86. The van der Waals surface area contributed by atoms with Gasteiger partial charge in [0, 0.05) is 37.2 Å². The molecular weight excluding hydrogens is 432 g/mol. The fraction of sp³-hybridized carbons (Fsp3) is 0.333. The van der Waals surface area contributed by atoms with E-state index in [0.717, 1.165) is 17.7 Å². The molecule has 2 N–H and O–H groups in total. The summed E-state index contributed by atoms with van der Waals surface area (Å²) in [6.45, 7) is 2.61. The molecule has 1 aliphatic heterocycles. The van der Waals surface area contributed by atoms with E-state index in [0.29, 0.717) is 48.1 Å². The third kappa shape index (κ3) is 4.74. The lowest BCUT2D eigenvalue weighted by Crippen LogP contribution is -2.45. The van der Waals surface area contributed by atoms with E-state index in [2.05, 4.69) is 4.98 Å². The van der Waals surface area contributed by atoms with Crippen LogP contribution in [0.5, 0.6) is 0 Å². The molecule has 0 saturated carbocycles. The lowest BCUT2D eigenvalue weighted by molar-refractivity contribution is -0.0543. The number of urea groups is 1. The van der Waals surface area contributed by atoms with Crippen molar-refractivity contribution in [2.75, 3.05) is 19.6 Å². The van der Waals surface area contributed by atoms with Gasteiger partial charge in [-0.15, -0.1) is 0 Å². The number of hydrogen-bond acceptors (Lipinski definition) is 5. The molecule has 3 aromatic rings. The largest absolute Gasteiger partial charge is 0.440 e. The monoisotopic (exact) mass is 457 g/mol. The van der Waals surface area contributed by atoms with E-state index in [1.54, 1.807) is 36.1 Å². The highest BCUT2D eigenvalue weighted by Crippen LogP contribution is 2.38. The van der Waals surface area contributed by atoms with Crippen LogP contribution in [0, 0.1) is 11.6 Å². The van der Waals surface area contributed by atoms with Crippen LogP contribution in [0.1, 0.15) is 37.1 Å². The number of aromatic nitrogens is 1. The zero-order chi connectivity index (χ0) is 23.5. The van der Waals surface area contributed by atoms with E-state index in [1.165, 1.54) is 6.07 Å². The standard InChI is InChI=1S/C24H25F2N3O4/c1-2-29(32)24(31)28-11-9-17(10-12-28)23-27-21(16-5-3-15(14-30)4-6-16)22(33-23)19-8-7-18(25)13-20(19)26/h3-8,13,17,30,32H,2,9-12,14H2,1H3. The van der Waals surface area contributed by atoms with Crippen molar-refractivity contribution in [2.45, 2.75) is 32.3 Å². The molecule has 2 aromatic carbocycles. The second kappa shape index (κ2) is 9.68. The van der Waals surface area contributed by atoms with Crippen molar-refractivity contribution in [1.29, 1.82) is 0 Å². The van der Waals surface area contributed by atoms with Crippen LogP contribution in [0.15, 0.2) is 46.9 Å². The molecule has 0 bridgehead atoms. The predicted octanol–water partition coefficient (Wildman–Crippen LogP) is 4.79. The summed E-state index contributed by atoms with van der Waals surface area (Å²) < 4.78 is 34.2. The number of halogens is 2. The lowest BCUT2D eigenvalue weighted by Gasteiger charge is -2.32. The van der Waals surface area contributed by atoms with Gasteiger partial charge in [-0.1, -0.05) is 24.3 Å². The first kappa shape index (κ1) is 22.9. The SMILES string of the molecule is CCN(O)C(=O)N1CCC(c2nc(-c3ccc(CO)cc3)c(-c3ccc(F)cc3F)o2)CC1. The Labute approximate surface area is 189 Å². The van der Waals surface area contributed by atoms with Crippen LogP contribution < -0.4 is 0 Å². The van der Waals surface area contributed by atoms with Crippen molar-refractivity contribution in [2.24, 2.45) is 0 Å². The summed E-state index contributed by atoms with van der Waals surface area (Å²) in [6, 6.07) is 9.86. The van der Waals surface area contributed by atoms with E-state index in [4.69, 9.17) is 4.42 Å². The van der Waals surface area contributed by atoms with Crippen molar-refractivity contribution >= 4 is 6.03 Å². The number of aliphatic hydroxyl groups is 1. The van der Waals surface area contributed by atoms with Crippen molar-refractivity contribution < 1.29 is 28.3 Å². The Hall–Kier alpha value is -3.30. The maximum Gasteiger partial charge on any atom is 0.343 e. The molecule has 0 unspecified atom stereocenters. The first-order chi connectivity index (χ1) is 15.9. The number of nitrogens with zero attached hydrogens (tertiary/aromatic N) is 3. The number of carbonyl (C=O) groups excluding carboxylic acids is 1. The minimum absolute atomic E-state index is 0.0999. The van der Waals surface area contributed by atoms with Crippen LogP contribution in [0.25, 0.3) is 22.6 Å². The molecule has 0 atom stereocenters. The minimum Gasteiger partial charge on any atom is -0.440 e. The Morgan fingerprint density at radius 2 is 1.88 bits per heavy atom. The van der Waals surface area contributed by atoms with Crippen molar-refractivity contribution in [1.82, 2.24) is 14.9 Å². The van der Waals surface area contributed by atoms with Crippen LogP contribution in [-0.4, -0.2) is 50.9 Å². The van der Waals surface area contributed by atoms with Gasteiger partial charge in [0.15, 0.2) is 11.7 Å². The second-order valence-electron chi connectivity index (χ2n) is 7.97. The van der Waals surface area contributed by atoms with Gasteiger partial charge in [-0.05, 0) is 37.5 Å². The summed E-state index contributed by atoms with van der Waals surface area (Å²) in [5.74, 6) is -0.931. The first-order valence-corrected chi connectivity index (χ1v) is 10.8. The Kier molecular flexibility index (Phi) is 6.71. The Bertz CT molecular complexity index is 1130. The van der Waals surface area contributed by atoms with Crippen molar-refractivity contribution in [3.8, 4) is 22.6 Å². The number of benzene rings is 2. The van der Waals surface area contributed by atoms with Crippen LogP contribution in [0.2, 0.25) is 0 Å². The van der Waals surface area contributed by atoms with E-state index < -0.39 is 17.7 Å². The van der Waals surface area contributed by atoms with Crippen LogP contribution >= 0.6 is 0 Å². The number of amides is 2. The molecule has 174 valence electrons. The second-order valence-corrected chi connectivity index (χ2v) is 7.97. The third-order valence-corrected chi connectivity index (χ3v) is 5.86. The highest BCUT2D eigenvalue weighted by molar-refractivity contribution is 5.77. The summed E-state index contributed by atoms with van der Waals surface area (Å²) >= 11 is 0. The number of oxazole rings is 1. The van der Waals surface area contributed by atoms with E-state index in [1.807, 2.05) is 0 Å². The van der Waals surface area contributed by atoms with E-state index in [9.17, 15) is 23.9 Å². The van der Waals surface area contributed by atoms with Gasteiger partial charge < -0.3 is 14.4 Å². The average molecular weight is 457 g/mol. The van der Waals surface area contributed by atoms with E-state index >= 15 is 0 Å². The molecule has 0 radical (unpaired) electrons. The molecule has 0 aliphatic carbocycles. The smallest absolute Gasteiger partial charge is 0.343 e. The van der Waals surface area contributed by atoms with Gasteiger partial charge in [-0.3, -0.25) is 5.21 Å². The summed E-state index contributed by atoms with van der Waals surface area (Å²) in [5.41, 5.74) is 1.92. The first-order valence-electron chi connectivity index (χ1n) is 10.8. The highest BCUT2D eigenvalue weighted by Gasteiger charge is 2.30. The maximum absolute atomic E-state index is 14.6. The van der Waals surface area contributed by atoms with Gasteiger partial charge in [0.25, 0.3) is 0 Å². The fourth-order valence-corrected chi connectivity index (χ4v) is 3.95. The molecule has 1 aromatic heterocycles. The molecular formula is C24H25F2N3O4. The summed E-state index contributed by atoms with van der Waals surface area (Å²) in [5, 5.41) is 19.7. The molecule has 2 amide bonds. The number of carbonyl (C=O) groups is 1. The Morgan fingerprint density at radius 1 is 1.18 bits per heavy atom. The van der Waals surface area contributed by atoms with E-state index in [-0.39, 0.29) is 30.4 Å². The normalized spacial score (nSPS) is 14.5. The van der Waals surface area contributed by atoms with Gasteiger partial charge in [0.05, 0.1) is 12.2 Å². The fourth-order valence-electron chi connectivity index (χ4n) is 3.95. The Morgan fingerprint density at radius 3 is 2.48 bits per heavy atom.